The van der Waals surface area contributed by atoms with Crippen LogP contribution in [0.3, 0.4) is 0 Å². The highest BCUT2D eigenvalue weighted by atomic mass is 32.2. The Hall–Kier alpha value is -2.06. The van der Waals surface area contributed by atoms with Crippen LogP contribution in [0, 0.1) is 0 Å². The van der Waals surface area contributed by atoms with E-state index in [0.29, 0.717) is 23.5 Å². The van der Waals surface area contributed by atoms with Crippen LogP contribution in [0.4, 0.5) is 0 Å². The molecule has 1 heterocycles. The zero-order valence-corrected chi connectivity index (χ0v) is 15.3. The highest BCUT2D eigenvalue weighted by Crippen LogP contribution is 2.29. The van der Waals surface area contributed by atoms with Crippen molar-refractivity contribution in [2.75, 3.05) is 33.8 Å². The van der Waals surface area contributed by atoms with Crippen molar-refractivity contribution in [3.8, 4) is 0 Å². The fraction of sp³-hybridized carbons (Fsp3) is 0.471. The number of hydrogen-bond donors (Lipinski definition) is 1. The van der Waals surface area contributed by atoms with Crippen molar-refractivity contribution in [2.24, 2.45) is 0 Å². The quantitative estimate of drug-likeness (QED) is 0.729. The number of benzene rings is 1. The van der Waals surface area contributed by atoms with E-state index in [-0.39, 0.29) is 24.5 Å². The summed E-state index contributed by atoms with van der Waals surface area (Å²) in [7, 11) is 3.32. The maximum absolute atomic E-state index is 12.6. The summed E-state index contributed by atoms with van der Waals surface area (Å²) in [5.41, 5.74) is 0.489. The number of hydrogen-bond acceptors (Lipinski definition) is 5. The standard InChI is InChI=1S/C17H22N2O5S/c1-11(17(22)23)25-14-7-5-4-6-13(14)16(21)19-8-12(9-19)24-10-15(20)18(2)3/h4-7,11-12H,8-10H2,1-3H3,(H,22,23). The Balaban J connectivity index is 1.92. The Kier molecular flexibility index (Phi) is 6.44. The summed E-state index contributed by atoms with van der Waals surface area (Å²) in [4.78, 5) is 38.9. The molecule has 1 fully saturated rings. The summed E-state index contributed by atoms with van der Waals surface area (Å²) in [6.07, 6.45) is -0.148. The van der Waals surface area contributed by atoms with Gasteiger partial charge in [-0.2, -0.15) is 0 Å². The van der Waals surface area contributed by atoms with Crippen LogP contribution in [0.15, 0.2) is 29.2 Å². The average Bonchev–Trinajstić information content (AvgIpc) is 2.53. The molecule has 136 valence electrons. The molecule has 1 aromatic rings. The lowest BCUT2D eigenvalue weighted by Crippen LogP contribution is -2.55. The number of carbonyl (C=O) groups is 3. The minimum absolute atomic E-state index is 0.00224. The molecule has 25 heavy (non-hydrogen) atoms. The van der Waals surface area contributed by atoms with Gasteiger partial charge in [-0.1, -0.05) is 12.1 Å². The maximum atomic E-state index is 12.6. The Morgan fingerprint density at radius 2 is 1.96 bits per heavy atom. The van der Waals surface area contributed by atoms with Gasteiger partial charge in [-0.15, -0.1) is 11.8 Å². The van der Waals surface area contributed by atoms with Crippen LogP contribution in [-0.4, -0.2) is 77.8 Å². The molecule has 0 aliphatic carbocycles. The first-order chi connectivity index (χ1) is 11.8. The summed E-state index contributed by atoms with van der Waals surface area (Å²) in [5.74, 6) is -1.19. The molecule has 0 radical (unpaired) electrons. The average molecular weight is 366 g/mol. The largest absolute Gasteiger partial charge is 0.480 e. The summed E-state index contributed by atoms with van der Waals surface area (Å²) in [5, 5.41) is 8.41. The Morgan fingerprint density at radius 3 is 2.56 bits per heavy atom. The van der Waals surface area contributed by atoms with Crippen LogP contribution >= 0.6 is 11.8 Å². The van der Waals surface area contributed by atoms with Crippen LogP contribution in [-0.2, 0) is 14.3 Å². The number of thioether (sulfide) groups is 1. The number of aliphatic carboxylic acids is 1. The molecule has 0 spiro atoms. The second kappa shape index (κ2) is 8.35. The van der Waals surface area contributed by atoms with Gasteiger partial charge in [-0.05, 0) is 19.1 Å². The molecule has 1 aliphatic rings. The topological polar surface area (TPSA) is 87.2 Å². The molecule has 0 aromatic heterocycles. The summed E-state index contributed by atoms with van der Waals surface area (Å²) in [6, 6.07) is 6.98. The number of carboxylic acid groups (broad SMARTS) is 1. The third kappa shape index (κ3) is 4.96. The Labute approximate surface area is 150 Å². The number of likely N-dealkylation sites (tertiary alicyclic amines) is 1. The molecule has 1 aliphatic heterocycles. The zero-order chi connectivity index (χ0) is 18.6. The van der Waals surface area contributed by atoms with E-state index in [1.54, 1.807) is 50.2 Å². The molecule has 2 rings (SSSR count). The van der Waals surface area contributed by atoms with E-state index in [4.69, 9.17) is 9.84 Å². The van der Waals surface area contributed by atoms with Gasteiger partial charge in [0.1, 0.15) is 11.9 Å². The van der Waals surface area contributed by atoms with Crippen molar-refractivity contribution in [2.45, 2.75) is 23.2 Å². The smallest absolute Gasteiger partial charge is 0.316 e. The zero-order valence-electron chi connectivity index (χ0n) is 14.5. The first-order valence-electron chi connectivity index (χ1n) is 7.89. The predicted octanol–water partition coefficient (Wildman–Crippen LogP) is 1.18. The molecular weight excluding hydrogens is 344 g/mol. The monoisotopic (exact) mass is 366 g/mol. The molecule has 8 heteroatoms. The molecule has 7 nitrogen and oxygen atoms in total. The molecule has 1 saturated heterocycles. The summed E-state index contributed by atoms with van der Waals surface area (Å²) < 4.78 is 5.48. The molecule has 1 aromatic carbocycles. The van der Waals surface area contributed by atoms with Gasteiger partial charge in [0, 0.05) is 32.1 Å². The van der Waals surface area contributed by atoms with Gasteiger partial charge < -0.3 is 19.6 Å². The number of nitrogens with zero attached hydrogens (tertiary/aromatic N) is 2. The maximum Gasteiger partial charge on any atom is 0.316 e. The van der Waals surface area contributed by atoms with Crippen LogP contribution < -0.4 is 0 Å². The lowest BCUT2D eigenvalue weighted by molar-refractivity contribution is -0.139. The third-order valence-corrected chi connectivity index (χ3v) is 5.01. The number of carbonyl (C=O) groups excluding carboxylic acids is 2. The van der Waals surface area contributed by atoms with E-state index in [9.17, 15) is 14.4 Å². The highest BCUT2D eigenvalue weighted by molar-refractivity contribution is 8.00. The minimum atomic E-state index is -0.921. The van der Waals surface area contributed by atoms with Crippen molar-refractivity contribution >= 4 is 29.5 Å². The SMILES string of the molecule is CC(Sc1ccccc1C(=O)N1CC(OCC(=O)N(C)C)C1)C(=O)O. The second-order valence-corrected chi connectivity index (χ2v) is 7.41. The Morgan fingerprint density at radius 1 is 1.32 bits per heavy atom. The number of rotatable bonds is 7. The minimum Gasteiger partial charge on any atom is -0.480 e. The molecule has 1 atom stereocenters. The molecule has 2 amide bonds. The van der Waals surface area contributed by atoms with Crippen molar-refractivity contribution in [3.63, 3.8) is 0 Å². The van der Waals surface area contributed by atoms with Crippen LogP contribution in [0.25, 0.3) is 0 Å². The van der Waals surface area contributed by atoms with Gasteiger partial charge in [-0.3, -0.25) is 14.4 Å². The fourth-order valence-electron chi connectivity index (χ4n) is 2.18. The van der Waals surface area contributed by atoms with E-state index >= 15 is 0 Å². The van der Waals surface area contributed by atoms with Crippen LogP contribution in [0.1, 0.15) is 17.3 Å². The molecular formula is C17H22N2O5S. The van der Waals surface area contributed by atoms with Crippen LogP contribution in [0.5, 0.6) is 0 Å². The highest BCUT2D eigenvalue weighted by Gasteiger charge is 2.33. The van der Waals surface area contributed by atoms with E-state index in [1.807, 2.05) is 0 Å². The van der Waals surface area contributed by atoms with Gasteiger partial charge in [-0.25, -0.2) is 0 Å². The summed E-state index contributed by atoms with van der Waals surface area (Å²) in [6.45, 7) is 2.44. The summed E-state index contributed by atoms with van der Waals surface area (Å²) >= 11 is 1.15. The number of carboxylic acids is 1. The molecule has 0 saturated carbocycles. The van der Waals surface area contributed by atoms with E-state index in [1.165, 1.54) is 4.90 Å². The van der Waals surface area contributed by atoms with E-state index in [0.717, 1.165) is 11.8 Å². The molecule has 1 unspecified atom stereocenters. The van der Waals surface area contributed by atoms with Crippen LogP contribution in [0.2, 0.25) is 0 Å². The normalized spacial score (nSPS) is 15.4. The first-order valence-corrected chi connectivity index (χ1v) is 8.77. The lowest BCUT2D eigenvalue weighted by Gasteiger charge is -2.39. The third-order valence-electron chi connectivity index (χ3n) is 3.85. The van der Waals surface area contributed by atoms with Crippen molar-refractivity contribution in [3.05, 3.63) is 29.8 Å². The van der Waals surface area contributed by atoms with Gasteiger partial charge in [0.05, 0.1) is 11.7 Å². The fourth-order valence-corrected chi connectivity index (χ4v) is 3.11. The number of likely N-dealkylation sites (N-methyl/N-ethyl adjacent to an activating group) is 1. The van der Waals surface area contributed by atoms with E-state index < -0.39 is 11.2 Å². The van der Waals surface area contributed by atoms with Gasteiger partial charge >= 0.3 is 5.97 Å². The molecule has 0 bridgehead atoms. The van der Waals surface area contributed by atoms with Gasteiger partial charge in [0.25, 0.3) is 5.91 Å². The van der Waals surface area contributed by atoms with Crippen molar-refractivity contribution in [1.82, 2.24) is 9.80 Å². The number of ether oxygens (including phenoxy) is 1. The van der Waals surface area contributed by atoms with Crippen molar-refractivity contribution in [1.29, 1.82) is 0 Å². The number of amides is 2. The van der Waals surface area contributed by atoms with Gasteiger partial charge in [0.2, 0.25) is 5.91 Å². The lowest BCUT2D eigenvalue weighted by atomic mass is 10.1. The molecule has 1 N–H and O–H groups in total. The first kappa shape index (κ1) is 19.3. The second-order valence-electron chi connectivity index (χ2n) is 6.03. The van der Waals surface area contributed by atoms with Crippen molar-refractivity contribution < 1.29 is 24.2 Å². The van der Waals surface area contributed by atoms with Gasteiger partial charge in [0.15, 0.2) is 0 Å². The Bertz CT molecular complexity index is 658. The predicted molar refractivity (Wildman–Crippen MR) is 93.7 cm³/mol. The van der Waals surface area contributed by atoms with E-state index in [2.05, 4.69) is 0 Å².